The van der Waals surface area contributed by atoms with Gasteiger partial charge >= 0.3 is 7.82 Å². The van der Waals surface area contributed by atoms with Crippen LogP contribution < -0.4 is 14.2 Å². The van der Waals surface area contributed by atoms with Gasteiger partial charge in [0.15, 0.2) is 0 Å². The van der Waals surface area contributed by atoms with Crippen LogP contribution in [0.2, 0.25) is 0 Å². The van der Waals surface area contributed by atoms with Crippen molar-refractivity contribution in [3.05, 3.63) is 191 Å². The predicted molar refractivity (Wildman–Crippen MR) is 361 cm³/mol. The molecule has 0 bridgehead atoms. The smallest absolute Gasteiger partial charge is 0.475 e. The Morgan fingerprint density at radius 1 is 0.384 bits per heavy atom. The minimum atomic E-state index is -4.15. The zero-order valence-electron chi connectivity index (χ0n) is 56.1. The minimum absolute atomic E-state index is 0.00261. The van der Waals surface area contributed by atoms with E-state index in [-0.39, 0.29) is 52.3 Å². The van der Waals surface area contributed by atoms with E-state index in [1.807, 2.05) is 57.7 Å². The number of aryl methyl sites for hydroxylation is 3. The van der Waals surface area contributed by atoms with Crippen LogP contribution in [-0.2, 0) is 70.4 Å². The highest BCUT2D eigenvalue weighted by molar-refractivity contribution is 7.48. The number of phosphoric ester groups is 1. The fourth-order valence-electron chi connectivity index (χ4n) is 14.4. The van der Waals surface area contributed by atoms with Gasteiger partial charge < -0.3 is 14.2 Å². The molecular formula is C78H99O7P. The van der Waals surface area contributed by atoms with E-state index in [1.165, 1.54) is 50.1 Å². The van der Waals surface area contributed by atoms with E-state index >= 15 is 0 Å². The van der Waals surface area contributed by atoms with Crippen molar-refractivity contribution in [3.8, 4) is 17.2 Å². The summed E-state index contributed by atoms with van der Waals surface area (Å²) in [6.07, 6.45) is 13.4. The second kappa shape index (κ2) is 24.2. The molecule has 458 valence electrons. The van der Waals surface area contributed by atoms with Gasteiger partial charge in [0.25, 0.3) is 0 Å². The summed E-state index contributed by atoms with van der Waals surface area (Å²) in [6, 6.07) is 31.7. The number of hydrogen-bond donors (Lipinski definition) is 0. The van der Waals surface area contributed by atoms with Crippen molar-refractivity contribution in [2.45, 2.75) is 215 Å². The Balaban J connectivity index is 0.952. The minimum Gasteiger partial charge on any atom is -0.496 e. The van der Waals surface area contributed by atoms with E-state index in [4.69, 9.17) is 27.8 Å². The largest absolute Gasteiger partial charge is 0.496 e. The van der Waals surface area contributed by atoms with E-state index in [2.05, 4.69) is 197 Å². The molecule has 0 fully saturated rings. The second-order valence-electron chi connectivity index (χ2n) is 29.4. The lowest BCUT2D eigenvalue weighted by molar-refractivity contribution is 0.0978. The summed E-state index contributed by atoms with van der Waals surface area (Å²) in [6.45, 7) is 41.4. The first-order valence-corrected chi connectivity index (χ1v) is 32.8. The number of hydrogen-bond acceptors (Lipinski definition) is 7. The van der Waals surface area contributed by atoms with Crippen LogP contribution in [0.5, 0.6) is 17.2 Å². The molecule has 3 aliphatic carbocycles. The molecule has 9 rings (SSSR count). The molecule has 0 heterocycles. The van der Waals surface area contributed by atoms with Gasteiger partial charge in [0.2, 0.25) is 0 Å². The molecule has 0 atom stereocenters. The molecule has 0 amide bonds. The molecule has 8 heteroatoms. The predicted octanol–water partition coefficient (Wildman–Crippen LogP) is 21.4. The fraction of sp³-hybridized carbons (Fsp3) is 0.462. The van der Waals surface area contributed by atoms with E-state index in [1.54, 1.807) is 0 Å². The fourth-order valence-corrected chi connectivity index (χ4v) is 15.5. The van der Waals surface area contributed by atoms with Crippen LogP contribution in [0.1, 0.15) is 243 Å². The number of benzene rings is 6. The maximum Gasteiger partial charge on any atom is 0.475 e. The zero-order valence-corrected chi connectivity index (χ0v) is 57.0. The average Bonchev–Trinajstić information content (AvgIpc) is 0.904. The number of allylic oxidation sites excluding steroid dienone is 3. The summed E-state index contributed by atoms with van der Waals surface area (Å²) in [4.78, 5) is 0. The van der Waals surface area contributed by atoms with Gasteiger partial charge in [-0.25, -0.2) is 4.57 Å². The first kappa shape index (κ1) is 64.5. The Bertz CT molecular complexity index is 3290. The van der Waals surface area contributed by atoms with E-state index in [0.717, 1.165) is 123 Å². The monoisotopic (exact) mass is 1180 g/mol. The van der Waals surface area contributed by atoms with Crippen LogP contribution in [0.25, 0.3) is 34.9 Å². The summed E-state index contributed by atoms with van der Waals surface area (Å²) in [5.74, 6) is 2.94. The van der Waals surface area contributed by atoms with Gasteiger partial charge in [-0.15, -0.1) is 0 Å². The Morgan fingerprint density at radius 3 is 0.826 bits per heavy atom. The lowest BCUT2D eigenvalue weighted by Crippen LogP contribution is -2.34. The topological polar surface area (TPSA) is 72.5 Å². The lowest BCUT2D eigenvalue weighted by Gasteiger charge is -2.43. The first-order chi connectivity index (χ1) is 40.2. The van der Waals surface area contributed by atoms with Gasteiger partial charge in [0.1, 0.15) is 17.2 Å². The summed E-state index contributed by atoms with van der Waals surface area (Å²) in [7, 11) is 1.27. The molecule has 0 N–H and O–H groups in total. The van der Waals surface area contributed by atoms with Crippen molar-refractivity contribution in [1.82, 2.24) is 0 Å². The van der Waals surface area contributed by atoms with Crippen LogP contribution in [0.15, 0.2) is 91.0 Å². The number of ether oxygens (including phenoxy) is 3. The third-order valence-corrected chi connectivity index (χ3v) is 21.2. The first-order valence-electron chi connectivity index (χ1n) is 31.3. The van der Waals surface area contributed by atoms with Crippen molar-refractivity contribution in [2.75, 3.05) is 21.3 Å². The molecule has 0 aromatic heterocycles. The number of rotatable bonds is 18. The van der Waals surface area contributed by atoms with Crippen molar-refractivity contribution >= 4 is 42.8 Å². The van der Waals surface area contributed by atoms with Crippen molar-refractivity contribution < 1.29 is 32.3 Å². The molecule has 3 aliphatic rings. The Hall–Kier alpha value is -5.95. The van der Waals surface area contributed by atoms with Gasteiger partial charge in [-0.1, -0.05) is 192 Å². The maximum atomic E-state index is 15.0. The second-order valence-corrected chi connectivity index (χ2v) is 31.0. The van der Waals surface area contributed by atoms with Crippen molar-refractivity contribution in [3.63, 3.8) is 0 Å². The number of methoxy groups -OCH3 is 3. The van der Waals surface area contributed by atoms with Crippen LogP contribution in [0.4, 0.5) is 0 Å². The molecule has 6 aromatic rings. The molecule has 7 nitrogen and oxygen atoms in total. The Labute approximate surface area is 517 Å². The van der Waals surface area contributed by atoms with Crippen molar-refractivity contribution in [1.29, 1.82) is 0 Å². The van der Waals surface area contributed by atoms with Crippen LogP contribution >= 0.6 is 7.82 Å². The van der Waals surface area contributed by atoms with E-state index < -0.39 is 7.82 Å². The van der Waals surface area contributed by atoms with Gasteiger partial charge in [-0.05, 0) is 196 Å². The molecular weight excluding hydrogens is 1080 g/mol. The summed E-state index contributed by atoms with van der Waals surface area (Å²) >= 11 is 0. The third kappa shape index (κ3) is 13.0. The molecule has 6 aromatic carbocycles. The highest BCUT2D eigenvalue weighted by Crippen LogP contribution is 2.56. The number of fused-ring (bicyclic) bond motifs is 3. The number of phosphoric acid groups is 1. The molecule has 0 saturated carbocycles. The lowest BCUT2D eigenvalue weighted by atomic mass is 9.62. The molecule has 0 unspecified atom stereocenters. The SMILES string of the molecule is COc1c(/C(C)=C/c2ccc(COP(=O)(OCc3ccc(/C=C(\C)c4c(C)cc5c(c4OC)C(C)(C)CCC5(C)C)cc3)OCc3ccc(/C=C(\C)c4c(C)cc5c(c4OC)C(C)(C)CCC5(C)C)cc3)cc2)c(C)cc2c1C(C)(C)CCC2(C)C. The zero-order chi connectivity index (χ0) is 62.7. The van der Waals surface area contributed by atoms with Gasteiger partial charge in [0.05, 0.1) is 41.2 Å². The van der Waals surface area contributed by atoms with Crippen LogP contribution in [0, 0.1) is 20.8 Å². The van der Waals surface area contributed by atoms with E-state index in [0.29, 0.717) is 0 Å². The van der Waals surface area contributed by atoms with Gasteiger partial charge in [-0.2, -0.15) is 0 Å². The molecule has 86 heavy (non-hydrogen) atoms. The van der Waals surface area contributed by atoms with Gasteiger partial charge in [-0.3, -0.25) is 13.6 Å². The Kier molecular flexibility index (Phi) is 18.2. The maximum absolute atomic E-state index is 15.0. The quantitative estimate of drug-likeness (QED) is 0.0627. The van der Waals surface area contributed by atoms with Crippen molar-refractivity contribution in [2.24, 2.45) is 0 Å². The molecule has 0 radical (unpaired) electrons. The van der Waals surface area contributed by atoms with Gasteiger partial charge in [0, 0.05) is 33.4 Å². The molecule has 0 aliphatic heterocycles. The highest BCUT2D eigenvalue weighted by Gasteiger charge is 2.44. The van der Waals surface area contributed by atoms with E-state index in [9.17, 15) is 4.57 Å². The summed E-state index contributed by atoms with van der Waals surface area (Å²) < 4.78 is 52.7. The third-order valence-electron chi connectivity index (χ3n) is 19.8. The molecule has 0 spiro atoms. The Morgan fingerprint density at radius 2 is 0.605 bits per heavy atom. The normalized spacial score (nSPS) is 18.4. The van der Waals surface area contributed by atoms with Crippen LogP contribution in [0.3, 0.4) is 0 Å². The molecule has 0 saturated heterocycles. The highest BCUT2D eigenvalue weighted by atomic mass is 31.2. The average molecular weight is 1180 g/mol. The summed E-state index contributed by atoms with van der Waals surface area (Å²) in [5, 5.41) is 0. The summed E-state index contributed by atoms with van der Waals surface area (Å²) in [5.41, 5.74) is 24.4. The van der Waals surface area contributed by atoms with Crippen LogP contribution in [-0.4, -0.2) is 21.3 Å². The standard InChI is InChI=1S/C78H99O7P/c1-49(64-52(4)43-61-67(70(64)80-19)76(13,14)37-34-73(61,7)8)40-55-22-28-58(29-23-55)46-83-86(79,84-47-59-30-24-56(25-31-59)41-50(2)65-53(5)44-62-68(71(65)81-20)77(15,16)38-35-74(62,9)10)85-48-60-32-26-57(27-33-60)42-51(3)66-54(6)45-63-69(72(66)82-21)78(17,18)39-36-75(63,11)12/h22-33,40-45H,34-39,46-48H2,1-21H3/b49-40+,50-41+,51-42+.